The Morgan fingerprint density at radius 3 is 2.73 bits per heavy atom. The van der Waals surface area contributed by atoms with Gasteiger partial charge in [0.2, 0.25) is 5.69 Å². The Balaban J connectivity index is 3.27. The van der Waals surface area contributed by atoms with Crippen LogP contribution in [-0.4, -0.2) is 7.11 Å². The van der Waals surface area contributed by atoms with Gasteiger partial charge in [0.15, 0.2) is 0 Å². The standard InChI is InChI=1S/C8H8N2O/c1-10-8-6(9)4-3-5-7(8)11-2/h3-5H,9H2,2H3. The maximum atomic E-state index is 6.79. The normalized spacial score (nSPS) is 8.73. The van der Waals surface area contributed by atoms with E-state index in [9.17, 15) is 0 Å². The molecule has 3 nitrogen and oxygen atoms in total. The number of methoxy groups -OCH3 is 1. The summed E-state index contributed by atoms with van der Waals surface area (Å²) in [6.45, 7) is 6.79. The van der Waals surface area contributed by atoms with Crippen molar-refractivity contribution in [3.05, 3.63) is 29.6 Å². The van der Waals surface area contributed by atoms with Crippen molar-refractivity contribution in [2.45, 2.75) is 0 Å². The average Bonchev–Trinajstić information content (AvgIpc) is 2.04. The van der Waals surface area contributed by atoms with Crippen molar-refractivity contribution < 1.29 is 4.74 Å². The number of nitrogens with zero attached hydrogens (tertiary/aromatic N) is 1. The number of nitrogen functional groups attached to an aromatic ring is 1. The molecule has 0 spiro atoms. The van der Waals surface area contributed by atoms with Gasteiger partial charge in [-0.05, 0) is 12.1 Å². The molecule has 0 saturated heterocycles. The lowest BCUT2D eigenvalue weighted by Crippen LogP contribution is -1.88. The summed E-state index contributed by atoms with van der Waals surface area (Å²) >= 11 is 0. The van der Waals surface area contributed by atoms with Crippen molar-refractivity contribution in [1.29, 1.82) is 0 Å². The van der Waals surface area contributed by atoms with Gasteiger partial charge >= 0.3 is 0 Å². The molecule has 3 heteroatoms. The summed E-state index contributed by atoms with van der Waals surface area (Å²) in [7, 11) is 1.52. The number of anilines is 1. The molecule has 0 aliphatic rings. The van der Waals surface area contributed by atoms with E-state index in [1.165, 1.54) is 7.11 Å². The molecule has 0 unspecified atom stereocenters. The Morgan fingerprint density at radius 2 is 2.27 bits per heavy atom. The van der Waals surface area contributed by atoms with Crippen LogP contribution in [0, 0.1) is 6.57 Å². The lowest BCUT2D eigenvalue weighted by Gasteiger charge is -2.03. The average molecular weight is 148 g/mol. The van der Waals surface area contributed by atoms with E-state index in [0.717, 1.165) is 0 Å². The summed E-state index contributed by atoms with van der Waals surface area (Å²) in [6, 6.07) is 5.14. The van der Waals surface area contributed by atoms with E-state index in [0.29, 0.717) is 17.1 Å². The molecule has 0 radical (unpaired) electrons. The van der Waals surface area contributed by atoms with Crippen molar-refractivity contribution >= 4 is 11.4 Å². The van der Waals surface area contributed by atoms with Gasteiger partial charge in [0.25, 0.3) is 0 Å². The number of nitrogens with two attached hydrogens (primary N) is 1. The zero-order chi connectivity index (χ0) is 8.27. The van der Waals surface area contributed by atoms with Gasteiger partial charge < -0.3 is 10.5 Å². The first-order valence-electron chi connectivity index (χ1n) is 3.09. The molecule has 0 aliphatic carbocycles. The number of para-hydroxylation sites is 1. The van der Waals surface area contributed by atoms with Crippen LogP contribution in [0.25, 0.3) is 4.85 Å². The summed E-state index contributed by atoms with van der Waals surface area (Å²) in [6.07, 6.45) is 0. The van der Waals surface area contributed by atoms with E-state index in [2.05, 4.69) is 4.85 Å². The third kappa shape index (κ3) is 1.24. The lowest BCUT2D eigenvalue weighted by molar-refractivity contribution is 0.417. The summed E-state index contributed by atoms with van der Waals surface area (Å²) in [5.74, 6) is 0.528. The molecule has 0 atom stereocenters. The van der Waals surface area contributed by atoms with Crippen LogP contribution in [-0.2, 0) is 0 Å². The van der Waals surface area contributed by atoms with Crippen molar-refractivity contribution in [3.63, 3.8) is 0 Å². The van der Waals surface area contributed by atoms with Crippen LogP contribution in [0.3, 0.4) is 0 Å². The van der Waals surface area contributed by atoms with E-state index < -0.39 is 0 Å². The minimum Gasteiger partial charge on any atom is -0.508 e. The number of benzene rings is 1. The molecule has 1 aromatic rings. The fourth-order valence-corrected chi connectivity index (χ4v) is 0.824. The third-order valence-corrected chi connectivity index (χ3v) is 1.36. The van der Waals surface area contributed by atoms with Gasteiger partial charge in [0.05, 0.1) is 13.7 Å². The predicted molar refractivity (Wildman–Crippen MR) is 43.7 cm³/mol. The smallest absolute Gasteiger partial charge is 0.250 e. The van der Waals surface area contributed by atoms with Crippen molar-refractivity contribution in [2.24, 2.45) is 0 Å². The molecule has 0 bridgehead atoms. The van der Waals surface area contributed by atoms with Crippen LogP contribution in [0.5, 0.6) is 5.75 Å². The predicted octanol–water partition coefficient (Wildman–Crippen LogP) is 1.83. The number of ether oxygens (including phenoxy) is 1. The first-order chi connectivity index (χ1) is 5.29. The second-order valence-electron chi connectivity index (χ2n) is 2.01. The Kier molecular flexibility index (Phi) is 1.98. The molecule has 56 valence electrons. The first-order valence-corrected chi connectivity index (χ1v) is 3.09. The maximum Gasteiger partial charge on any atom is 0.250 e. The van der Waals surface area contributed by atoms with Gasteiger partial charge in [0.1, 0.15) is 5.75 Å². The molecular weight excluding hydrogens is 140 g/mol. The number of rotatable bonds is 1. The Labute approximate surface area is 65.2 Å². The monoisotopic (exact) mass is 148 g/mol. The number of hydrogen-bond acceptors (Lipinski definition) is 2. The van der Waals surface area contributed by atoms with Gasteiger partial charge in [-0.3, -0.25) is 0 Å². The van der Waals surface area contributed by atoms with E-state index in [-0.39, 0.29) is 0 Å². The van der Waals surface area contributed by atoms with Crippen molar-refractivity contribution in [3.8, 4) is 5.75 Å². The van der Waals surface area contributed by atoms with Crippen LogP contribution in [0.15, 0.2) is 18.2 Å². The fraction of sp³-hybridized carbons (Fsp3) is 0.125. The van der Waals surface area contributed by atoms with Gasteiger partial charge in [-0.25, -0.2) is 4.85 Å². The summed E-state index contributed by atoms with van der Waals surface area (Å²) in [5, 5.41) is 0. The molecule has 0 fully saturated rings. The van der Waals surface area contributed by atoms with E-state index in [1.54, 1.807) is 18.2 Å². The molecule has 1 rings (SSSR count). The molecule has 0 saturated carbocycles. The summed E-state index contributed by atoms with van der Waals surface area (Å²) < 4.78 is 4.92. The fourth-order valence-electron chi connectivity index (χ4n) is 0.824. The Hall–Kier alpha value is -1.69. The quantitative estimate of drug-likeness (QED) is 0.487. The number of hydrogen-bond donors (Lipinski definition) is 1. The molecule has 2 N–H and O–H groups in total. The van der Waals surface area contributed by atoms with Gasteiger partial charge in [-0.2, -0.15) is 0 Å². The van der Waals surface area contributed by atoms with Crippen LogP contribution in [0.1, 0.15) is 0 Å². The zero-order valence-electron chi connectivity index (χ0n) is 6.16. The minimum absolute atomic E-state index is 0.384. The van der Waals surface area contributed by atoms with Gasteiger partial charge in [-0.1, -0.05) is 6.07 Å². The highest BCUT2D eigenvalue weighted by Gasteiger charge is 2.04. The Bertz CT molecular complexity index is 301. The highest BCUT2D eigenvalue weighted by atomic mass is 16.5. The second-order valence-corrected chi connectivity index (χ2v) is 2.01. The Morgan fingerprint density at radius 1 is 1.55 bits per heavy atom. The topological polar surface area (TPSA) is 39.6 Å². The molecule has 0 heterocycles. The van der Waals surface area contributed by atoms with Crippen molar-refractivity contribution in [2.75, 3.05) is 12.8 Å². The molecule has 11 heavy (non-hydrogen) atoms. The van der Waals surface area contributed by atoms with Crippen molar-refractivity contribution in [1.82, 2.24) is 0 Å². The highest BCUT2D eigenvalue weighted by Crippen LogP contribution is 2.32. The molecule has 1 aromatic carbocycles. The van der Waals surface area contributed by atoms with Crippen LogP contribution < -0.4 is 10.5 Å². The second kappa shape index (κ2) is 2.93. The highest BCUT2D eigenvalue weighted by molar-refractivity contribution is 5.74. The third-order valence-electron chi connectivity index (χ3n) is 1.36. The molecule has 0 amide bonds. The largest absolute Gasteiger partial charge is 0.508 e. The minimum atomic E-state index is 0.384. The van der Waals surface area contributed by atoms with Crippen LogP contribution in [0.2, 0.25) is 0 Å². The van der Waals surface area contributed by atoms with E-state index >= 15 is 0 Å². The molecule has 0 aliphatic heterocycles. The summed E-state index contributed by atoms with van der Waals surface area (Å²) in [4.78, 5) is 3.24. The molecule has 0 aromatic heterocycles. The van der Waals surface area contributed by atoms with E-state index in [1.807, 2.05) is 0 Å². The SMILES string of the molecule is [C-]#[N+]c1c(N)cccc1OC. The summed E-state index contributed by atoms with van der Waals surface area (Å²) in [5.41, 5.74) is 6.36. The van der Waals surface area contributed by atoms with Gasteiger partial charge in [-0.15, -0.1) is 0 Å². The zero-order valence-corrected chi connectivity index (χ0v) is 6.16. The lowest BCUT2D eigenvalue weighted by atomic mass is 10.2. The van der Waals surface area contributed by atoms with Gasteiger partial charge in [0, 0.05) is 5.69 Å². The maximum absolute atomic E-state index is 6.79. The first kappa shape index (κ1) is 7.42. The molecular formula is C8H8N2O. The van der Waals surface area contributed by atoms with Crippen LogP contribution in [0.4, 0.5) is 11.4 Å². The van der Waals surface area contributed by atoms with Crippen LogP contribution >= 0.6 is 0 Å². The van der Waals surface area contributed by atoms with E-state index in [4.69, 9.17) is 17.0 Å².